The molecular weight excluding hydrogens is 382 g/mol. The van der Waals surface area contributed by atoms with Gasteiger partial charge in [-0.05, 0) is 63.3 Å². The Balaban J connectivity index is 1.23. The third kappa shape index (κ3) is 4.66. The molecule has 1 aliphatic carbocycles. The van der Waals surface area contributed by atoms with Crippen LogP contribution < -0.4 is 5.32 Å². The van der Waals surface area contributed by atoms with Gasteiger partial charge in [0, 0.05) is 24.7 Å². The van der Waals surface area contributed by atoms with Gasteiger partial charge in [0.2, 0.25) is 0 Å². The van der Waals surface area contributed by atoms with Crippen LogP contribution in [0.3, 0.4) is 0 Å². The van der Waals surface area contributed by atoms with Gasteiger partial charge < -0.3 is 14.4 Å². The van der Waals surface area contributed by atoms with E-state index in [4.69, 9.17) is 9.47 Å². The third-order valence-corrected chi connectivity index (χ3v) is 5.93. The molecule has 2 heterocycles. The van der Waals surface area contributed by atoms with Crippen LogP contribution in [0.1, 0.15) is 46.5 Å². The SMILES string of the molecule is CC(C)(C)OC(=O)N1CCC2(CC1)CC(OC(=O)Nc1cc3ccccc3cn1)C2. The number of ether oxygens (including phenoxy) is 2. The van der Waals surface area contributed by atoms with E-state index in [-0.39, 0.29) is 17.6 Å². The molecule has 2 aliphatic rings. The zero-order valence-electron chi connectivity index (χ0n) is 17.8. The van der Waals surface area contributed by atoms with E-state index in [0.29, 0.717) is 18.9 Å². The molecule has 1 aromatic heterocycles. The topological polar surface area (TPSA) is 80.8 Å². The van der Waals surface area contributed by atoms with E-state index in [1.807, 2.05) is 51.1 Å². The van der Waals surface area contributed by atoms with Crippen LogP contribution in [0.5, 0.6) is 0 Å². The zero-order chi connectivity index (χ0) is 21.4. The first-order valence-electron chi connectivity index (χ1n) is 10.5. The van der Waals surface area contributed by atoms with Crippen molar-refractivity contribution < 1.29 is 19.1 Å². The lowest BCUT2D eigenvalue weighted by Crippen LogP contribution is -2.52. The van der Waals surface area contributed by atoms with Crippen molar-refractivity contribution in [2.24, 2.45) is 5.41 Å². The zero-order valence-corrected chi connectivity index (χ0v) is 17.8. The summed E-state index contributed by atoms with van der Waals surface area (Å²) < 4.78 is 11.0. The third-order valence-electron chi connectivity index (χ3n) is 5.93. The minimum Gasteiger partial charge on any atom is -0.446 e. The van der Waals surface area contributed by atoms with Crippen molar-refractivity contribution in [2.45, 2.75) is 58.2 Å². The van der Waals surface area contributed by atoms with Crippen LogP contribution in [0.4, 0.5) is 15.4 Å². The number of nitrogens with zero attached hydrogens (tertiary/aromatic N) is 2. The summed E-state index contributed by atoms with van der Waals surface area (Å²) in [5.41, 5.74) is -0.306. The van der Waals surface area contributed by atoms with Gasteiger partial charge in [-0.1, -0.05) is 24.3 Å². The Morgan fingerprint density at radius 3 is 2.47 bits per heavy atom. The Hall–Kier alpha value is -2.83. The molecule has 0 unspecified atom stereocenters. The average molecular weight is 412 g/mol. The molecule has 1 spiro atoms. The number of carbonyl (C=O) groups is 2. The molecule has 1 N–H and O–H groups in total. The lowest BCUT2D eigenvalue weighted by atomic mass is 9.61. The monoisotopic (exact) mass is 411 g/mol. The predicted molar refractivity (Wildman–Crippen MR) is 114 cm³/mol. The molecule has 1 saturated carbocycles. The van der Waals surface area contributed by atoms with E-state index in [9.17, 15) is 9.59 Å². The molecule has 7 nitrogen and oxygen atoms in total. The number of rotatable bonds is 2. The number of nitrogens with one attached hydrogen (secondary N) is 1. The predicted octanol–water partition coefficient (Wildman–Crippen LogP) is 4.96. The summed E-state index contributed by atoms with van der Waals surface area (Å²) in [6.45, 7) is 7.01. The maximum atomic E-state index is 12.3. The molecular formula is C23H29N3O4. The Morgan fingerprint density at radius 1 is 1.13 bits per heavy atom. The van der Waals surface area contributed by atoms with Crippen LogP contribution >= 0.6 is 0 Å². The number of hydrogen-bond donors (Lipinski definition) is 1. The maximum Gasteiger partial charge on any atom is 0.413 e. The number of pyridine rings is 1. The summed E-state index contributed by atoms with van der Waals surface area (Å²) in [5.74, 6) is 0.485. The number of aromatic nitrogens is 1. The summed E-state index contributed by atoms with van der Waals surface area (Å²) in [6, 6.07) is 9.70. The van der Waals surface area contributed by atoms with Crippen molar-refractivity contribution in [1.82, 2.24) is 9.88 Å². The Bertz CT molecular complexity index is 937. The molecule has 2 amide bonds. The molecule has 30 heavy (non-hydrogen) atoms. The molecule has 1 aliphatic heterocycles. The normalized spacial score (nSPS) is 18.7. The molecule has 0 radical (unpaired) electrons. The van der Waals surface area contributed by atoms with Gasteiger partial charge in [-0.3, -0.25) is 5.32 Å². The second-order valence-corrected chi connectivity index (χ2v) is 9.44. The lowest BCUT2D eigenvalue weighted by molar-refractivity contribution is -0.0716. The number of hydrogen-bond acceptors (Lipinski definition) is 5. The molecule has 1 aromatic carbocycles. The summed E-state index contributed by atoms with van der Waals surface area (Å²) in [7, 11) is 0. The van der Waals surface area contributed by atoms with Gasteiger partial charge in [0.25, 0.3) is 0 Å². The summed E-state index contributed by atoms with van der Waals surface area (Å²) in [5, 5.41) is 4.77. The molecule has 2 fully saturated rings. The number of likely N-dealkylation sites (tertiary alicyclic amines) is 1. The molecule has 0 atom stereocenters. The highest BCUT2D eigenvalue weighted by Crippen LogP contribution is 2.50. The second kappa shape index (κ2) is 7.78. The van der Waals surface area contributed by atoms with E-state index in [0.717, 1.165) is 36.5 Å². The van der Waals surface area contributed by atoms with Gasteiger partial charge in [0.05, 0.1) is 0 Å². The standard InChI is InChI=1S/C23H29N3O4/c1-22(2,3)30-21(28)26-10-8-23(9-11-26)13-18(14-23)29-20(27)25-19-12-16-6-4-5-7-17(16)15-24-19/h4-7,12,15,18H,8-11,13-14H2,1-3H3,(H,24,25,27). The van der Waals surface area contributed by atoms with Crippen LogP contribution in [-0.2, 0) is 9.47 Å². The van der Waals surface area contributed by atoms with Crippen molar-refractivity contribution in [3.8, 4) is 0 Å². The van der Waals surface area contributed by atoms with Crippen molar-refractivity contribution >= 4 is 28.8 Å². The Kier molecular flexibility index (Phi) is 5.30. The van der Waals surface area contributed by atoms with Crippen LogP contribution in [0.25, 0.3) is 10.8 Å². The molecule has 4 rings (SSSR count). The lowest BCUT2D eigenvalue weighted by Gasteiger charge is -2.51. The molecule has 160 valence electrons. The highest BCUT2D eigenvalue weighted by atomic mass is 16.6. The number of carbonyl (C=O) groups excluding carboxylic acids is 2. The fourth-order valence-corrected chi connectivity index (χ4v) is 4.33. The van der Waals surface area contributed by atoms with Crippen LogP contribution in [-0.4, -0.2) is 46.9 Å². The highest BCUT2D eigenvalue weighted by Gasteiger charge is 2.48. The first-order valence-corrected chi connectivity index (χ1v) is 10.5. The van der Waals surface area contributed by atoms with Crippen LogP contribution in [0, 0.1) is 5.41 Å². The van der Waals surface area contributed by atoms with Gasteiger partial charge >= 0.3 is 12.2 Å². The minimum absolute atomic E-state index is 0.0847. The number of anilines is 1. The van der Waals surface area contributed by atoms with Gasteiger partial charge in [-0.15, -0.1) is 0 Å². The van der Waals surface area contributed by atoms with Crippen molar-refractivity contribution in [3.63, 3.8) is 0 Å². The molecule has 7 heteroatoms. The number of fused-ring (bicyclic) bond motifs is 1. The number of benzene rings is 1. The molecule has 1 saturated heterocycles. The Morgan fingerprint density at radius 2 is 1.80 bits per heavy atom. The van der Waals surface area contributed by atoms with E-state index < -0.39 is 11.7 Å². The molecule has 0 bridgehead atoms. The van der Waals surface area contributed by atoms with Gasteiger partial charge in [-0.25, -0.2) is 14.6 Å². The highest BCUT2D eigenvalue weighted by molar-refractivity contribution is 5.89. The summed E-state index contributed by atoms with van der Waals surface area (Å²) in [6.07, 6.45) is 4.46. The summed E-state index contributed by atoms with van der Waals surface area (Å²) >= 11 is 0. The van der Waals surface area contributed by atoms with Crippen molar-refractivity contribution in [1.29, 1.82) is 0 Å². The fraction of sp³-hybridized carbons (Fsp3) is 0.522. The van der Waals surface area contributed by atoms with E-state index in [1.165, 1.54) is 0 Å². The smallest absolute Gasteiger partial charge is 0.413 e. The molecule has 2 aromatic rings. The minimum atomic E-state index is -0.477. The number of piperidine rings is 1. The van der Waals surface area contributed by atoms with Crippen molar-refractivity contribution in [2.75, 3.05) is 18.4 Å². The van der Waals surface area contributed by atoms with Gasteiger partial charge in [0.15, 0.2) is 0 Å². The summed E-state index contributed by atoms with van der Waals surface area (Å²) in [4.78, 5) is 30.5. The van der Waals surface area contributed by atoms with E-state index in [1.54, 1.807) is 11.1 Å². The number of amides is 2. The first-order chi connectivity index (χ1) is 14.2. The largest absolute Gasteiger partial charge is 0.446 e. The first kappa shape index (κ1) is 20.4. The average Bonchev–Trinajstić information content (AvgIpc) is 2.66. The van der Waals surface area contributed by atoms with Crippen molar-refractivity contribution in [3.05, 3.63) is 36.5 Å². The second-order valence-electron chi connectivity index (χ2n) is 9.44. The quantitative estimate of drug-likeness (QED) is 0.755. The van der Waals surface area contributed by atoms with E-state index in [2.05, 4.69) is 10.3 Å². The van der Waals surface area contributed by atoms with Gasteiger partial charge in [0.1, 0.15) is 17.5 Å². The maximum absolute atomic E-state index is 12.3. The van der Waals surface area contributed by atoms with Gasteiger partial charge in [-0.2, -0.15) is 0 Å². The Labute approximate surface area is 176 Å². The van der Waals surface area contributed by atoms with E-state index >= 15 is 0 Å². The van der Waals surface area contributed by atoms with Crippen LogP contribution in [0.15, 0.2) is 36.5 Å². The fourth-order valence-electron chi connectivity index (χ4n) is 4.33. The van der Waals surface area contributed by atoms with Crippen LogP contribution in [0.2, 0.25) is 0 Å².